The van der Waals surface area contributed by atoms with Gasteiger partial charge in [0.05, 0.1) is 14.2 Å². The van der Waals surface area contributed by atoms with Crippen LogP contribution in [0.5, 0.6) is 23.0 Å². The van der Waals surface area contributed by atoms with Crippen molar-refractivity contribution in [2.45, 2.75) is 12.8 Å². The third-order valence-corrected chi connectivity index (χ3v) is 4.93. The average molecular weight is 472 g/mol. The maximum Gasteiger partial charge on any atom is 0.491 e. The molecule has 0 bridgehead atoms. The highest BCUT2D eigenvalue weighted by atomic mass is 19.4. The first kappa shape index (κ1) is 23.0. The van der Waals surface area contributed by atoms with Crippen LogP contribution < -0.4 is 18.9 Å². The van der Waals surface area contributed by atoms with Crippen LogP contribution in [0.3, 0.4) is 0 Å². The summed E-state index contributed by atoms with van der Waals surface area (Å²) < 4.78 is 66.0. The van der Waals surface area contributed by atoms with E-state index in [0.717, 1.165) is 5.56 Å². The fourth-order valence-corrected chi connectivity index (χ4v) is 3.31. The number of hydrogen-bond donors (Lipinski definition) is 0. The molecular weight excluding hydrogens is 453 g/mol. The molecule has 1 aromatic heterocycles. The lowest BCUT2D eigenvalue weighted by Gasteiger charge is -2.11. The van der Waals surface area contributed by atoms with E-state index in [-0.39, 0.29) is 29.1 Å². The molecule has 0 saturated carbocycles. The summed E-state index contributed by atoms with van der Waals surface area (Å²) in [6.45, 7) is 0.247. The molecule has 0 saturated heterocycles. The summed E-state index contributed by atoms with van der Waals surface area (Å²) in [4.78, 5) is 11.7. The van der Waals surface area contributed by atoms with E-state index >= 15 is 0 Å². The monoisotopic (exact) mass is 472 g/mol. The van der Waals surface area contributed by atoms with Crippen LogP contribution in [0.15, 0.2) is 71.1 Å². The van der Waals surface area contributed by atoms with Crippen molar-refractivity contribution in [3.63, 3.8) is 0 Å². The van der Waals surface area contributed by atoms with Crippen LogP contribution in [0.2, 0.25) is 0 Å². The van der Waals surface area contributed by atoms with Crippen molar-refractivity contribution in [1.29, 1.82) is 0 Å². The predicted molar refractivity (Wildman–Crippen MR) is 117 cm³/mol. The van der Waals surface area contributed by atoms with Gasteiger partial charge in [0.15, 0.2) is 11.5 Å². The molecule has 0 aliphatic rings. The SMILES string of the molecule is COc1ccc(-c2oc3cc(OCc4ccccc4)cc(OC)c3c2OC(=O)C(F)(F)F)cc1. The van der Waals surface area contributed by atoms with Crippen LogP contribution in [-0.2, 0) is 11.4 Å². The topological polar surface area (TPSA) is 67.1 Å². The van der Waals surface area contributed by atoms with E-state index in [2.05, 4.69) is 0 Å². The number of esters is 1. The Labute approximate surface area is 192 Å². The summed E-state index contributed by atoms with van der Waals surface area (Å²) in [6.07, 6.45) is -5.20. The highest BCUT2D eigenvalue weighted by Crippen LogP contribution is 2.47. The molecule has 0 amide bonds. The lowest BCUT2D eigenvalue weighted by atomic mass is 10.1. The predicted octanol–water partition coefficient (Wildman–Crippen LogP) is 6.16. The molecule has 176 valence electrons. The summed E-state index contributed by atoms with van der Waals surface area (Å²) in [5, 5.41) is 0.0676. The van der Waals surface area contributed by atoms with E-state index in [1.165, 1.54) is 26.4 Å². The molecule has 0 N–H and O–H groups in total. The van der Waals surface area contributed by atoms with E-state index in [4.69, 9.17) is 23.4 Å². The average Bonchev–Trinajstić information content (AvgIpc) is 3.20. The number of carbonyl (C=O) groups excluding carboxylic acids is 1. The molecule has 34 heavy (non-hydrogen) atoms. The smallest absolute Gasteiger partial charge is 0.491 e. The van der Waals surface area contributed by atoms with Crippen molar-refractivity contribution < 1.29 is 41.3 Å². The van der Waals surface area contributed by atoms with Crippen LogP contribution in [0.1, 0.15) is 5.56 Å². The number of carbonyl (C=O) groups is 1. The molecule has 4 rings (SSSR count). The third-order valence-electron chi connectivity index (χ3n) is 4.93. The van der Waals surface area contributed by atoms with Gasteiger partial charge in [-0.1, -0.05) is 30.3 Å². The van der Waals surface area contributed by atoms with Gasteiger partial charge in [-0.15, -0.1) is 0 Å². The van der Waals surface area contributed by atoms with Crippen molar-refractivity contribution in [2.75, 3.05) is 14.2 Å². The Balaban J connectivity index is 1.81. The van der Waals surface area contributed by atoms with Crippen molar-refractivity contribution in [3.8, 4) is 34.3 Å². The lowest BCUT2D eigenvalue weighted by Crippen LogP contribution is -2.28. The zero-order valence-electron chi connectivity index (χ0n) is 18.1. The molecule has 0 aliphatic carbocycles. The normalized spacial score (nSPS) is 11.3. The van der Waals surface area contributed by atoms with Gasteiger partial charge in [0.2, 0.25) is 0 Å². The first-order chi connectivity index (χ1) is 16.3. The van der Waals surface area contributed by atoms with Crippen LogP contribution in [0.25, 0.3) is 22.3 Å². The number of methoxy groups -OCH3 is 2. The minimum Gasteiger partial charge on any atom is -0.497 e. The van der Waals surface area contributed by atoms with Crippen molar-refractivity contribution in [1.82, 2.24) is 0 Å². The Morgan fingerprint density at radius 3 is 2.24 bits per heavy atom. The molecule has 6 nitrogen and oxygen atoms in total. The maximum atomic E-state index is 13.0. The summed E-state index contributed by atoms with van der Waals surface area (Å²) in [6, 6.07) is 18.7. The Morgan fingerprint density at radius 1 is 0.912 bits per heavy atom. The largest absolute Gasteiger partial charge is 0.497 e. The van der Waals surface area contributed by atoms with Gasteiger partial charge in [0.1, 0.15) is 34.8 Å². The maximum absolute atomic E-state index is 13.0. The van der Waals surface area contributed by atoms with Gasteiger partial charge >= 0.3 is 12.1 Å². The lowest BCUT2D eigenvalue weighted by molar-refractivity contribution is -0.189. The highest BCUT2D eigenvalue weighted by molar-refractivity contribution is 5.99. The van der Waals surface area contributed by atoms with Crippen LogP contribution in [0.4, 0.5) is 13.2 Å². The Bertz CT molecular complexity index is 1290. The van der Waals surface area contributed by atoms with Crippen LogP contribution in [-0.4, -0.2) is 26.4 Å². The number of fused-ring (bicyclic) bond motifs is 1. The van der Waals surface area contributed by atoms with Gasteiger partial charge in [0.25, 0.3) is 0 Å². The zero-order valence-corrected chi connectivity index (χ0v) is 18.1. The molecule has 0 aliphatic heterocycles. The van der Waals surface area contributed by atoms with E-state index in [1.807, 2.05) is 30.3 Å². The molecule has 0 radical (unpaired) electrons. The minimum atomic E-state index is -5.20. The van der Waals surface area contributed by atoms with Gasteiger partial charge in [-0.2, -0.15) is 13.2 Å². The number of halogens is 3. The molecule has 3 aromatic carbocycles. The zero-order chi connectivity index (χ0) is 24.3. The minimum absolute atomic E-state index is 0.0676. The molecule has 4 aromatic rings. The van der Waals surface area contributed by atoms with Gasteiger partial charge < -0.3 is 23.4 Å². The standard InChI is InChI=1S/C25H19F3O6/c1-30-17-10-8-16(9-11-17)22-23(34-24(29)25(26,27)28)21-19(31-2)12-18(13-20(21)33-22)32-14-15-6-4-3-5-7-15/h3-13H,14H2,1-2H3. The van der Waals surface area contributed by atoms with Gasteiger partial charge in [-0.3, -0.25) is 0 Å². The second kappa shape index (κ2) is 9.38. The molecule has 1 heterocycles. The molecule has 0 fully saturated rings. The number of furan rings is 1. The van der Waals surface area contributed by atoms with Gasteiger partial charge in [-0.05, 0) is 29.8 Å². The number of alkyl halides is 3. The fraction of sp³-hybridized carbons (Fsp3) is 0.160. The van der Waals surface area contributed by atoms with E-state index < -0.39 is 17.9 Å². The fourth-order valence-electron chi connectivity index (χ4n) is 3.31. The number of rotatable bonds is 7. The van der Waals surface area contributed by atoms with Crippen LogP contribution >= 0.6 is 0 Å². The summed E-state index contributed by atoms with van der Waals surface area (Å²) >= 11 is 0. The Kier molecular flexibility index (Phi) is 6.36. The summed E-state index contributed by atoms with van der Waals surface area (Å²) in [5.74, 6) is -1.85. The second-order valence-electron chi connectivity index (χ2n) is 7.15. The van der Waals surface area contributed by atoms with E-state index in [1.54, 1.807) is 24.3 Å². The first-order valence-electron chi connectivity index (χ1n) is 10.0. The first-order valence-corrected chi connectivity index (χ1v) is 10.0. The third kappa shape index (κ3) is 4.78. The van der Waals surface area contributed by atoms with E-state index in [9.17, 15) is 18.0 Å². The summed E-state index contributed by atoms with van der Waals surface area (Å²) in [7, 11) is 2.82. The number of ether oxygens (including phenoxy) is 4. The quantitative estimate of drug-likeness (QED) is 0.300. The van der Waals surface area contributed by atoms with Crippen molar-refractivity contribution in [2.24, 2.45) is 0 Å². The molecule has 0 unspecified atom stereocenters. The number of hydrogen-bond acceptors (Lipinski definition) is 6. The van der Waals surface area contributed by atoms with Crippen molar-refractivity contribution in [3.05, 3.63) is 72.3 Å². The van der Waals surface area contributed by atoms with Gasteiger partial charge in [0, 0.05) is 17.7 Å². The summed E-state index contributed by atoms with van der Waals surface area (Å²) in [5.41, 5.74) is 1.41. The highest BCUT2D eigenvalue weighted by Gasteiger charge is 2.42. The molecular formula is C25H19F3O6. The molecule has 0 atom stereocenters. The van der Waals surface area contributed by atoms with Gasteiger partial charge in [-0.25, -0.2) is 4.79 Å². The van der Waals surface area contributed by atoms with E-state index in [0.29, 0.717) is 17.1 Å². The number of benzene rings is 3. The second-order valence-corrected chi connectivity index (χ2v) is 7.15. The van der Waals surface area contributed by atoms with Crippen molar-refractivity contribution >= 4 is 16.9 Å². The Hall–Kier alpha value is -4.14. The molecule has 9 heteroatoms. The molecule has 0 spiro atoms. The van der Waals surface area contributed by atoms with Crippen LogP contribution in [0, 0.1) is 0 Å². The Morgan fingerprint density at radius 2 is 1.62 bits per heavy atom.